The molecule has 0 radical (unpaired) electrons. The molecule has 0 saturated carbocycles. The fourth-order valence-corrected chi connectivity index (χ4v) is 1.84. The van der Waals surface area contributed by atoms with Crippen molar-refractivity contribution in [2.24, 2.45) is 0 Å². The number of rotatable bonds is 2. The number of aromatic carboxylic acids is 1. The minimum Gasteiger partial charge on any atom is -0.478 e. The van der Waals surface area contributed by atoms with Crippen LogP contribution in [0.4, 0.5) is 4.39 Å². The number of carboxylic acid groups (broad SMARTS) is 1. The smallest absolute Gasteiger partial charge is 0.338 e. The zero-order valence-electron chi connectivity index (χ0n) is 9.74. The minimum atomic E-state index is -1.21. The van der Waals surface area contributed by atoms with Gasteiger partial charge in [0.1, 0.15) is 5.82 Å². The van der Waals surface area contributed by atoms with Crippen molar-refractivity contribution < 1.29 is 14.3 Å². The Kier molecular flexibility index (Phi) is 3.09. The van der Waals surface area contributed by atoms with E-state index in [-0.39, 0.29) is 11.3 Å². The fourth-order valence-electron chi connectivity index (χ4n) is 1.72. The summed E-state index contributed by atoms with van der Waals surface area (Å²) in [6, 6.07) is 3.52. The number of hydrogen-bond donors (Lipinski definition) is 1. The molecule has 1 heterocycles. The standard InChI is InChI=1S/C12H10ClFN2O2/c1-6-11(13)7(2)16(15-6)10-4-3-8(14)5-9(10)12(17)18/h3-5H,1-2H3,(H,17,18). The van der Waals surface area contributed by atoms with Crippen molar-refractivity contribution >= 4 is 17.6 Å². The van der Waals surface area contributed by atoms with Gasteiger partial charge < -0.3 is 5.11 Å². The Hall–Kier alpha value is -1.88. The van der Waals surface area contributed by atoms with E-state index in [2.05, 4.69) is 5.10 Å². The number of nitrogens with zero attached hydrogens (tertiary/aromatic N) is 2. The van der Waals surface area contributed by atoms with Crippen molar-refractivity contribution in [3.63, 3.8) is 0 Å². The lowest BCUT2D eigenvalue weighted by Crippen LogP contribution is -2.08. The van der Waals surface area contributed by atoms with Crippen LogP contribution in [-0.4, -0.2) is 20.9 Å². The van der Waals surface area contributed by atoms with E-state index >= 15 is 0 Å². The van der Waals surface area contributed by atoms with Gasteiger partial charge in [0.2, 0.25) is 0 Å². The van der Waals surface area contributed by atoms with Crippen LogP contribution in [0.3, 0.4) is 0 Å². The number of aromatic nitrogens is 2. The lowest BCUT2D eigenvalue weighted by molar-refractivity contribution is 0.0696. The van der Waals surface area contributed by atoms with Gasteiger partial charge in [-0.05, 0) is 32.0 Å². The maximum Gasteiger partial charge on any atom is 0.338 e. The zero-order chi connectivity index (χ0) is 13.4. The lowest BCUT2D eigenvalue weighted by atomic mass is 10.1. The molecule has 94 valence electrons. The van der Waals surface area contributed by atoms with Crippen LogP contribution in [0.1, 0.15) is 21.7 Å². The average Bonchev–Trinajstić information content (AvgIpc) is 2.57. The van der Waals surface area contributed by atoms with Crippen molar-refractivity contribution in [3.05, 3.63) is 46.0 Å². The summed E-state index contributed by atoms with van der Waals surface area (Å²) in [7, 11) is 0. The van der Waals surface area contributed by atoms with Gasteiger partial charge in [0.25, 0.3) is 0 Å². The molecule has 0 bridgehead atoms. The molecule has 0 aliphatic heterocycles. The van der Waals surface area contributed by atoms with Crippen LogP contribution in [0.2, 0.25) is 5.02 Å². The van der Waals surface area contributed by atoms with Crippen molar-refractivity contribution in [2.45, 2.75) is 13.8 Å². The van der Waals surface area contributed by atoms with Crippen molar-refractivity contribution in [1.29, 1.82) is 0 Å². The van der Waals surface area contributed by atoms with Crippen LogP contribution in [0.15, 0.2) is 18.2 Å². The molecule has 1 N–H and O–H groups in total. The van der Waals surface area contributed by atoms with E-state index in [1.807, 2.05) is 0 Å². The Morgan fingerprint density at radius 3 is 2.61 bits per heavy atom. The van der Waals surface area contributed by atoms with E-state index < -0.39 is 11.8 Å². The van der Waals surface area contributed by atoms with Crippen molar-refractivity contribution in [3.8, 4) is 5.69 Å². The SMILES string of the molecule is Cc1nn(-c2ccc(F)cc2C(=O)O)c(C)c1Cl. The van der Waals surface area contributed by atoms with Crippen LogP contribution >= 0.6 is 11.6 Å². The second kappa shape index (κ2) is 4.42. The summed E-state index contributed by atoms with van der Waals surface area (Å²) in [5, 5.41) is 13.7. The average molecular weight is 269 g/mol. The summed E-state index contributed by atoms with van der Waals surface area (Å²) in [5.41, 5.74) is 1.34. The molecule has 18 heavy (non-hydrogen) atoms. The molecule has 0 fully saturated rings. The van der Waals surface area contributed by atoms with Gasteiger partial charge in [-0.25, -0.2) is 13.9 Å². The number of carbonyl (C=O) groups is 1. The highest BCUT2D eigenvalue weighted by Gasteiger charge is 2.17. The molecule has 0 amide bonds. The molecular formula is C12H10ClFN2O2. The third-order valence-electron chi connectivity index (χ3n) is 2.62. The second-order valence-electron chi connectivity index (χ2n) is 3.86. The number of aryl methyl sites for hydroxylation is 1. The third-order valence-corrected chi connectivity index (χ3v) is 3.17. The molecular weight excluding hydrogens is 259 g/mol. The molecule has 4 nitrogen and oxygen atoms in total. The highest BCUT2D eigenvalue weighted by molar-refractivity contribution is 6.31. The van der Waals surface area contributed by atoms with Crippen LogP contribution in [-0.2, 0) is 0 Å². The molecule has 2 aromatic rings. The fraction of sp³-hybridized carbons (Fsp3) is 0.167. The van der Waals surface area contributed by atoms with Crippen LogP contribution in [0.5, 0.6) is 0 Å². The monoisotopic (exact) mass is 268 g/mol. The second-order valence-corrected chi connectivity index (χ2v) is 4.24. The first kappa shape index (κ1) is 12.6. The van der Waals surface area contributed by atoms with E-state index in [1.54, 1.807) is 13.8 Å². The van der Waals surface area contributed by atoms with E-state index in [0.717, 1.165) is 6.07 Å². The van der Waals surface area contributed by atoms with Gasteiger partial charge >= 0.3 is 5.97 Å². The lowest BCUT2D eigenvalue weighted by Gasteiger charge is -2.08. The van der Waals surface area contributed by atoms with E-state index in [1.165, 1.54) is 16.8 Å². The molecule has 1 aromatic heterocycles. The Morgan fingerprint density at radius 2 is 2.11 bits per heavy atom. The van der Waals surface area contributed by atoms with Gasteiger partial charge in [0.05, 0.1) is 27.7 Å². The van der Waals surface area contributed by atoms with Gasteiger partial charge in [0, 0.05) is 0 Å². The highest BCUT2D eigenvalue weighted by atomic mass is 35.5. The number of benzene rings is 1. The first-order chi connectivity index (χ1) is 8.41. The Labute approximate surface area is 108 Å². The van der Waals surface area contributed by atoms with Crippen LogP contribution in [0, 0.1) is 19.7 Å². The van der Waals surface area contributed by atoms with Gasteiger partial charge in [-0.2, -0.15) is 5.10 Å². The van der Waals surface area contributed by atoms with Crippen molar-refractivity contribution in [1.82, 2.24) is 9.78 Å². The Bertz CT molecular complexity index is 637. The van der Waals surface area contributed by atoms with Gasteiger partial charge in [-0.1, -0.05) is 11.6 Å². The first-order valence-corrected chi connectivity index (χ1v) is 5.54. The molecule has 1 aromatic carbocycles. The summed E-state index contributed by atoms with van der Waals surface area (Å²) in [5.74, 6) is -1.82. The molecule has 6 heteroatoms. The van der Waals surface area contributed by atoms with E-state index in [9.17, 15) is 9.18 Å². The normalized spacial score (nSPS) is 10.7. The van der Waals surface area contributed by atoms with Gasteiger partial charge in [-0.3, -0.25) is 0 Å². The molecule has 0 saturated heterocycles. The first-order valence-electron chi connectivity index (χ1n) is 5.16. The zero-order valence-corrected chi connectivity index (χ0v) is 10.5. The summed E-state index contributed by atoms with van der Waals surface area (Å²) < 4.78 is 14.5. The van der Waals surface area contributed by atoms with Gasteiger partial charge in [-0.15, -0.1) is 0 Å². The number of carboxylic acids is 1. The van der Waals surface area contributed by atoms with E-state index in [4.69, 9.17) is 16.7 Å². The molecule has 0 aliphatic rings. The molecule has 2 rings (SSSR count). The quantitative estimate of drug-likeness (QED) is 0.911. The van der Waals surface area contributed by atoms with Crippen LogP contribution in [0.25, 0.3) is 5.69 Å². The van der Waals surface area contributed by atoms with Crippen LogP contribution < -0.4 is 0 Å². The maximum absolute atomic E-state index is 13.1. The Balaban J connectivity index is 2.71. The molecule has 0 spiro atoms. The number of halogens is 2. The van der Waals surface area contributed by atoms with Gasteiger partial charge in [0.15, 0.2) is 0 Å². The largest absolute Gasteiger partial charge is 0.478 e. The molecule has 0 unspecified atom stereocenters. The highest BCUT2D eigenvalue weighted by Crippen LogP contribution is 2.24. The maximum atomic E-state index is 13.1. The molecule has 0 atom stereocenters. The van der Waals surface area contributed by atoms with E-state index in [0.29, 0.717) is 16.4 Å². The predicted molar refractivity (Wildman–Crippen MR) is 65.0 cm³/mol. The molecule has 0 aliphatic carbocycles. The predicted octanol–water partition coefficient (Wildman–Crippen LogP) is 2.98. The summed E-state index contributed by atoms with van der Waals surface area (Å²) >= 11 is 6.01. The summed E-state index contributed by atoms with van der Waals surface area (Å²) in [6.07, 6.45) is 0. The minimum absolute atomic E-state index is 0.155. The number of hydrogen-bond acceptors (Lipinski definition) is 2. The Morgan fingerprint density at radius 1 is 1.44 bits per heavy atom. The topological polar surface area (TPSA) is 55.1 Å². The summed E-state index contributed by atoms with van der Waals surface area (Å²) in [4.78, 5) is 11.1. The van der Waals surface area contributed by atoms with Crippen molar-refractivity contribution in [2.75, 3.05) is 0 Å². The third kappa shape index (κ3) is 1.97. The summed E-state index contributed by atoms with van der Waals surface area (Å²) in [6.45, 7) is 3.44.